The number of hydrogen-bond donors (Lipinski definition) is 0. The van der Waals surface area contributed by atoms with E-state index in [4.69, 9.17) is 25.4 Å². The van der Waals surface area contributed by atoms with Crippen LogP contribution in [0, 0.1) is 23.2 Å². The molecular weight excluding hydrogens is 312 g/mol. The summed E-state index contributed by atoms with van der Waals surface area (Å²) in [5.74, 6) is 2.68. The molecule has 3 unspecified atom stereocenters. The number of carbonyl (C=O) groups excluding carboxylic acids is 1. The zero-order valence-corrected chi connectivity index (χ0v) is 14.0. The second kappa shape index (κ2) is 5.86. The average Bonchev–Trinajstić information content (AvgIpc) is 3.14. The van der Waals surface area contributed by atoms with E-state index >= 15 is 0 Å². The van der Waals surface area contributed by atoms with Gasteiger partial charge >= 0.3 is 12.0 Å². The molecule has 1 heterocycles. The van der Waals surface area contributed by atoms with Gasteiger partial charge in [-0.3, -0.25) is 4.79 Å². The summed E-state index contributed by atoms with van der Waals surface area (Å²) in [6.07, 6.45) is 7.15. The molecule has 128 valence electrons. The summed E-state index contributed by atoms with van der Waals surface area (Å²) >= 11 is 0. The van der Waals surface area contributed by atoms with Crippen LogP contribution in [0.5, 0.6) is 17.8 Å². The van der Waals surface area contributed by atoms with E-state index in [-0.39, 0.29) is 30.1 Å². The van der Waals surface area contributed by atoms with E-state index in [0.717, 1.165) is 19.3 Å². The number of fused-ring (bicyclic) bond motifs is 1. The Morgan fingerprint density at radius 2 is 2.04 bits per heavy atom. The molecule has 7 nitrogen and oxygen atoms in total. The standard InChI is InChI=1S/C17H20N2O5/c1-5-8-23-14(20)17-10-16(17,2)7-6-11(17)24-15-18-12(21-3)9-13(19-15)22-4/h1,9,11H,6-8,10H2,2-4H3. The van der Waals surface area contributed by atoms with Crippen LogP contribution in [0.4, 0.5) is 0 Å². The van der Waals surface area contributed by atoms with Gasteiger partial charge in [0.05, 0.1) is 20.3 Å². The predicted octanol–water partition coefficient (Wildman–Crippen LogP) is 1.61. The zero-order valence-electron chi connectivity index (χ0n) is 14.0. The Morgan fingerprint density at radius 1 is 1.38 bits per heavy atom. The highest BCUT2D eigenvalue weighted by Gasteiger charge is 2.78. The van der Waals surface area contributed by atoms with Crippen molar-refractivity contribution in [1.29, 1.82) is 0 Å². The van der Waals surface area contributed by atoms with Crippen molar-refractivity contribution in [3.8, 4) is 30.1 Å². The smallest absolute Gasteiger partial charge is 0.323 e. The van der Waals surface area contributed by atoms with E-state index in [1.54, 1.807) is 6.07 Å². The van der Waals surface area contributed by atoms with Crippen LogP contribution in [0.25, 0.3) is 0 Å². The summed E-state index contributed by atoms with van der Waals surface area (Å²) in [6.45, 7) is 2.04. The van der Waals surface area contributed by atoms with Crippen molar-refractivity contribution in [3.63, 3.8) is 0 Å². The normalized spacial score (nSPS) is 30.0. The molecule has 2 saturated carbocycles. The first-order valence-electron chi connectivity index (χ1n) is 7.73. The average molecular weight is 332 g/mol. The molecule has 3 atom stereocenters. The van der Waals surface area contributed by atoms with Crippen molar-refractivity contribution in [1.82, 2.24) is 9.97 Å². The highest BCUT2D eigenvalue weighted by Crippen LogP contribution is 2.74. The topological polar surface area (TPSA) is 79.8 Å². The highest BCUT2D eigenvalue weighted by atomic mass is 16.5. The van der Waals surface area contributed by atoms with Gasteiger partial charge in [0.15, 0.2) is 6.61 Å². The van der Waals surface area contributed by atoms with Gasteiger partial charge in [0, 0.05) is 0 Å². The number of esters is 1. The summed E-state index contributed by atoms with van der Waals surface area (Å²) in [5.41, 5.74) is -0.796. The van der Waals surface area contributed by atoms with Crippen LogP contribution < -0.4 is 14.2 Å². The minimum Gasteiger partial charge on any atom is -0.481 e. The summed E-state index contributed by atoms with van der Waals surface area (Å²) < 4.78 is 21.4. The van der Waals surface area contributed by atoms with Gasteiger partial charge in [-0.15, -0.1) is 6.42 Å². The SMILES string of the molecule is C#CCOC(=O)C12CC1(C)CCC2Oc1nc(OC)cc(OC)n1. The van der Waals surface area contributed by atoms with Crippen LogP contribution in [-0.2, 0) is 9.53 Å². The summed E-state index contributed by atoms with van der Waals surface area (Å²) in [6, 6.07) is 1.68. The van der Waals surface area contributed by atoms with Gasteiger partial charge in [0.25, 0.3) is 0 Å². The molecular formula is C17H20N2O5. The van der Waals surface area contributed by atoms with Gasteiger partial charge in [0.1, 0.15) is 11.5 Å². The fraction of sp³-hybridized carbons (Fsp3) is 0.588. The van der Waals surface area contributed by atoms with Crippen molar-refractivity contribution in [2.75, 3.05) is 20.8 Å². The lowest BCUT2D eigenvalue weighted by atomic mass is 9.96. The largest absolute Gasteiger partial charge is 0.481 e. The molecule has 0 amide bonds. The van der Waals surface area contributed by atoms with Crippen LogP contribution in [-0.4, -0.2) is 42.9 Å². The number of hydrogen-bond acceptors (Lipinski definition) is 7. The van der Waals surface area contributed by atoms with E-state index in [9.17, 15) is 4.79 Å². The number of aromatic nitrogens is 2. The van der Waals surface area contributed by atoms with Crippen molar-refractivity contribution < 1.29 is 23.7 Å². The molecule has 7 heteroatoms. The van der Waals surface area contributed by atoms with Crippen molar-refractivity contribution in [2.24, 2.45) is 10.8 Å². The zero-order chi connectivity index (χ0) is 17.4. The van der Waals surface area contributed by atoms with Crippen LogP contribution in [0.3, 0.4) is 0 Å². The molecule has 1 aromatic heterocycles. The van der Waals surface area contributed by atoms with Gasteiger partial charge in [-0.25, -0.2) is 0 Å². The molecule has 2 aliphatic rings. The molecule has 0 bridgehead atoms. The maximum Gasteiger partial charge on any atom is 0.323 e. The lowest BCUT2D eigenvalue weighted by Gasteiger charge is -2.22. The van der Waals surface area contributed by atoms with E-state index in [0.29, 0.717) is 11.8 Å². The Balaban J connectivity index is 1.82. The Morgan fingerprint density at radius 3 is 2.58 bits per heavy atom. The highest BCUT2D eigenvalue weighted by molar-refractivity contribution is 5.83. The lowest BCUT2D eigenvalue weighted by molar-refractivity contribution is -0.153. The van der Waals surface area contributed by atoms with Crippen molar-refractivity contribution in [2.45, 2.75) is 32.3 Å². The van der Waals surface area contributed by atoms with Gasteiger partial charge in [-0.2, -0.15) is 9.97 Å². The van der Waals surface area contributed by atoms with Crippen molar-refractivity contribution >= 4 is 5.97 Å². The molecule has 2 fully saturated rings. The van der Waals surface area contributed by atoms with E-state index in [2.05, 4.69) is 22.8 Å². The van der Waals surface area contributed by atoms with Gasteiger partial charge in [-0.05, 0) is 24.7 Å². The fourth-order valence-electron chi connectivity index (χ4n) is 3.70. The maximum absolute atomic E-state index is 12.5. The number of rotatable bonds is 6. The Kier molecular flexibility index (Phi) is 3.99. The number of ether oxygens (including phenoxy) is 4. The fourth-order valence-corrected chi connectivity index (χ4v) is 3.70. The Labute approximate surface area is 140 Å². The molecule has 0 aromatic carbocycles. The number of terminal acetylenes is 1. The predicted molar refractivity (Wildman–Crippen MR) is 83.7 cm³/mol. The van der Waals surface area contributed by atoms with E-state index < -0.39 is 5.41 Å². The van der Waals surface area contributed by atoms with Crippen LogP contribution in [0.15, 0.2) is 6.07 Å². The van der Waals surface area contributed by atoms with Crippen LogP contribution in [0.1, 0.15) is 26.2 Å². The van der Waals surface area contributed by atoms with Gasteiger partial charge in [-0.1, -0.05) is 12.8 Å². The maximum atomic E-state index is 12.5. The third-order valence-electron chi connectivity index (χ3n) is 5.10. The Bertz CT molecular complexity index is 678. The molecule has 0 N–H and O–H groups in total. The molecule has 0 radical (unpaired) electrons. The summed E-state index contributed by atoms with van der Waals surface area (Å²) in [7, 11) is 3.00. The minimum atomic E-state index is -0.677. The van der Waals surface area contributed by atoms with Crippen molar-refractivity contribution in [3.05, 3.63) is 6.07 Å². The van der Waals surface area contributed by atoms with Crippen LogP contribution >= 0.6 is 0 Å². The molecule has 0 saturated heterocycles. The first-order chi connectivity index (χ1) is 11.5. The molecule has 2 aliphatic carbocycles. The number of nitrogens with zero attached hydrogens (tertiary/aromatic N) is 2. The minimum absolute atomic E-state index is 0.0349. The second-order valence-electron chi connectivity index (χ2n) is 6.37. The summed E-state index contributed by atoms with van der Waals surface area (Å²) in [4.78, 5) is 20.9. The quantitative estimate of drug-likeness (QED) is 0.578. The van der Waals surface area contributed by atoms with E-state index in [1.165, 1.54) is 14.2 Å². The molecule has 3 rings (SSSR count). The second-order valence-corrected chi connectivity index (χ2v) is 6.37. The first kappa shape index (κ1) is 16.4. The lowest BCUT2D eigenvalue weighted by Crippen LogP contribution is -2.36. The monoisotopic (exact) mass is 332 g/mol. The third kappa shape index (κ3) is 2.42. The number of methoxy groups -OCH3 is 2. The third-order valence-corrected chi connectivity index (χ3v) is 5.10. The molecule has 24 heavy (non-hydrogen) atoms. The molecule has 0 spiro atoms. The van der Waals surface area contributed by atoms with Gasteiger partial charge < -0.3 is 18.9 Å². The summed E-state index contributed by atoms with van der Waals surface area (Å²) in [5, 5.41) is 0. The van der Waals surface area contributed by atoms with E-state index in [1.807, 2.05) is 0 Å². The molecule has 1 aromatic rings. The molecule has 0 aliphatic heterocycles. The number of carbonyl (C=O) groups is 1. The van der Waals surface area contributed by atoms with Gasteiger partial charge in [0.2, 0.25) is 11.8 Å². The Hall–Kier alpha value is -2.49. The van der Waals surface area contributed by atoms with Crippen LogP contribution in [0.2, 0.25) is 0 Å². The first-order valence-corrected chi connectivity index (χ1v) is 7.73.